The van der Waals surface area contributed by atoms with Gasteiger partial charge in [-0.05, 0) is 48.7 Å². The smallest absolute Gasteiger partial charge is 0.151 e. The SMILES string of the molecule is CC(C)(O)c1ccc(C2=Cc3cc(F)ccc3C(O)N2)cc1. The van der Waals surface area contributed by atoms with Crippen LogP contribution < -0.4 is 5.32 Å². The van der Waals surface area contributed by atoms with E-state index in [0.29, 0.717) is 16.8 Å². The van der Waals surface area contributed by atoms with E-state index in [4.69, 9.17) is 0 Å². The van der Waals surface area contributed by atoms with Crippen LogP contribution in [0.4, 0.5) is 4.39 Å². The Balaban J connectivity index is 1.99. The second-order valence-corrected chi connectivity index (χ2v) is 6.01. The Morgan fingerprint density at radius 3 is 2.41 bits per heavy atom. The van der Waals surface area contributed by atoms with Crippen LogP contribution >= 0.6 is 0 Å². The molecule has 0 bridgehead atoms. The third-order valence-corrected chi connectivity index (χ3v) is 3.84. The molecule has 1 atom stereocenters. The molecule has 0 saturated heterocycles. The zero-order valence-corrected chi connectivity index (χ0v) is 12.5. The molecular formula is C18H18FNO2. The van der Waals surface area contributed by atoms with Crippen LogP contribution in [0.2, 0.25) is 0 Å². The Morgan fingerprint density at radius 1 is 1.09 bits per heavy atom. The van der Waals surface area contributed by atoms with Crippen LogP contribution in [0, 0.1) is 5.82 Å². The van der Waals surface area contributed by atoms with Crippen LogP contribution in [-0.2, 0) is 5.60 Å². The first-order valence-corrected chi connectivity index (χ1v) is 7.13. The largest absolute Gasteiger partial charge is 0.386 e. The van der Waals surface area contributed by atoms with E-state index in [-0.39, 0.29) is 5.82 Å². The van der Waals surface area contributed by atoms with E-state index in [0.717, 1.165) is 11.1 Å². The van der Waals surface area contributed by atoms with Crippen molar-refractivity contribution in [2.24, 2.45) is 0 Å². The van der Waals surface area contributed by atoms with Gasteiger partial charge in [0, 0.05) is 11.3 Å². The van der Waals surface area contributed by atoms with E-state index >= 15 is 0 Å². The van der Waals surface area contributed by atoms with E-state index in [1.165, 1.54) is 12.1 Å². The van der Waals surface area contributed by atoms with Gasteiger partial charge >= 0.3 is 0 Å². The Hall–Kier alpha value is -2.17. The number of rotatable bonds is 2. The molecule has 3 N–H and O–H groups in total. The molecule has 114 valence electrons. The molecule has 4 heteroatoms. The summed E-state index contributed by atoms with van der Waals surface area (Å²) in [7, 11) is 0. The number of fused-ring (bicyclic) bond motifs is 1. The van der Waals surface area contributed by atoms with Crippen molar-refractivity contribution in [3.63, 3.8) is 0 Å². The molecule has 1 heterocycles. The van der Waals surface area contributed by atoms with Gasteiger partial charge in [-0.25, -0.2) is 4.39 Å². The summed E-state index contributed by atoms with van der Waals surface area (Å²) in [5.41, 5.74) is 2.79. The molecule has 0 amide bonds. The van der Waals surface area contributed by atoms with Crippen LogP contribution in [0.15, 0.2) is 42.5 Å². The van der Waals surface area contributed by atoms with Crippen molar-refractivity contribution in [3.05, 3.63) is 70.5 Å². The Labute approximate surface area is 128 Å². The lowest BCUT2D eigenvalue weighted by Gasteiger charge is -2.25. The Morgan fingerprint density at radius 2 is 1.77 bits per heavy atom. The zero-order valence-electron chi connectivity index (χ0n) is 12.5. The normalized spacial score (nSPS) is 17.5. The fraction of sp³-hybridized carbons (Fsp3) is 0.222. The molecule has 1 unspecified atom stereocenters. The predicted octanol–water partition coefficient (Wildman–Crippen LogP) is 3.15. The first kappa shape index (κ1) is 14.8. The van der Waals surface area contributed by atoms with Gasteiger partial charge in [0.25, 0.3) is 0 Å². The van der Waals surface area contributed by atoms with E-state index in [1.54, 1.807) is 19.9 Å². The lowest BCUT2D eigenvalue weighted by Crippen LogP contribution is -2.24. The van der Waals surface area contributed by atoms with Crippen LogP contribution in [0.3, 0.4) is 0 Å². The second-order valence-electron chi connectivity index (χ2n) is 6.01. The van der Waals surface area contributed by atoms with Crippen LogP contribution in [0.5, 0.6) is 0 Å². The number of hydrogen-bond donors (Lipinski definition) is 3. The Kier molecular flexibility index (Phi) is 3.51. The maximum Gasteiger partial charge on any atom is 0.151 e. The molecule has 0 radical (unpaired) electrons. The highest BCUT2D eigenvalue weighted by molar-refractivity contribution is 5.83. The maximum atomic E-state index is 13.4. The molecule has 0 spiro atoms. The molecule has 3 nitrogen and oxygen atoms in total. The first-order chi connectivity index (χ1) is 10.3. The number of aliphatic hydroxyl groups is 2. The molecule has 2 aromatic rings. The lowest BCUT2D eigenvalue weighted by molar-refractivity contribution is 0.0786. The van der Waals surface area contributed by atoms with Gasteiger partial charge in [0.05, 0.1) is 5.60 Å². The summed E-state index contributed by atoms with van der Waals surface area (Å²) in [5.74, 6) is -0.333. The van der Waals surface area contributed by atoms with E-state index < -0.39 is 11.8 Å². The number of aliphatic hydroxyl groups excluding tert-OH is 1. The van der Waals surface area contributed by atoms with Gasteiger partial charge in [0.2, 0.25) is 0 Å². The third kappa shape index (κ3) is 2.75. The van der Waals surface area contributed by atoms with Crippen LogP contribution in [0.25, 0.3) is 11.8 Å². The summed E-state index contributed by atoms with van der Waals surface area (Å²) in [4.78, 5) is 0. The molecule has 0 aromatic heterocycles. The van der Waals surface area contributed by atoms with Gasteiger partial charge in [0.15, 0.2) is 6.23 Å². The first-order valence-electron chi connectivity index (χ1n) is 7.13. The molecule has 0 saturated carbocycles. The lowest BCUT2D eigenvalue weighted by atomic mass is 9.94. The summed E-state index contributed by atoms with van der Waals surface area (Å²) >= 11 is 0. The third-order valence-electron chi connectivity index (χ3n) is 3.84. The minimum absolute atomic E-state index is 0.333. The summed E-state index contributed by atoms with van der Waals surface area (Å²) in [6.45, 7) is 3.45. The van der Waals surface area contributed by atoms with Crippen molar-refractivity contribution in [3.8, 4) is 0 Å². The van der Waals surface area contributed by atoms with E-state index in [2.05, 4.69) is 5.32 Å². The van der Waals surface area contributed by atoms with Gasteiger partial charge in [-0.3, -0.25) is 0 Å². The molecule has 3 rings (SSSR count). The predicted molar refractivity (Wildman–Crippen MR) is 84.1 cm³/mol. The van der Waals surface area contributed by atoms with Crippen molar-refractivity contribution >= 4 is 11.8 Å². The molecular weight excluding hydrogens is 281 g/mol. The fourth-order valence-corrected chi connectivity index (χ4v) is 2.57. The van der Waals surface area contributed by atoms with Crippen LogP contribution in [-0.4, -0.2) is 10.2 Å². The summed E-state index contributed by atoms with van der Waals surface area (Å²) in [6.07, 6.45) is 0.939. The van der Waals surface area contributed by atoms with Gasteiger partial charge in [-0.15, -0.1) is 0 Å². The standard InChI is InChI=1S/C18H18FNO2/c1-18(2,22)13-5-3-11(4-6-13)16-10-12-9-14(19)7-8-15(12)17(21)20-16/h3-10,17,20-22H,1-2H3. The van der Waals surface area contributed by atoms with Gasteiger partial charge < -0.3 is 15.5 Å². The van der Waals surface area contributed by atoms with Crippen molar-refractivity contribution in [1.82, 2.24) is 5.32 Å². The molecule has 1 aliphatic rings. The van der Waals surface area contributed by atoms with E-state index in [1.807, 2.05) is 30.3 Å². The average molecular weight is 299 g/mol. The minimum Gasteiger partial charge on any atom is -0.386 e. The Bertz CT molecular complexity index is 730. The van der Waals surface area contributed by atoms with Crippen molar-refractivity contribution in [1.29, 1.82) is 0 Å². The summed E-state index contributed by atoms with van der Waals surface area (Å²) in [5, 5.41) is 23.1. The highest BCUT2D eigenvalue weighted by Gasteiger charge is 2.20. The average Bonchev–Trinajstić information content (AvgIpc) is 2.46. The summed E-state index contributed by atoms with van der Waals surface area (Å²) < 4.78 is 13.4. The van der Waals surface area contributed by atoms with Crippen molar-refractivity contribution in [2.75, 3.05) is 0 Å². The van der Waals surface area contributed by atoms with Crippen molar-refractivity contribution in [2.45, 2.75) is 25.7 Å². The highest BCUT2D eigenvalue weighted by atomic mass is 19.1. The number of hydrogen-bond acceptors (Lipinski definition) is 3. The maximum absolute atomic E-state index is 13.4. The number of halogens is 1. The molecule has 1 aliphatic heterocycles. The summed E-state index contributed by atoms with van der Waals surface area (Å²) in [6, 6.07) is 11.7. The number of benzene rings is 2. The minimum atomic E-state index is -0.901. The topological polar surface area (TPSA) is 52.5 Å². The van der Waals surface area contributed by atoms with Crippen LogP contribution in [0.1, 0.15) is 42.3 Å². The van der Waals surface area contributed by atoms with E-state index in [9.17, 15) is 14.6 Å². The zero-order chi connectivity index (χ0) is 15.9. The van der Waals surface area contributed by atoms with Crippen molar-refractivity contribution < 1.29 is 14.6 Å². The quantitative estimate of drug-likeness (QED) is 0.798. The monoisotopic (exact) mass is 299 g/mol. The fourth-order valence-electron chi connectivity index (χ4n) is 2.57. The molecule has 22 heavy (non-hydrogen) atoms. The number of nitrogens with one attached hydrogen (secondary N) is 1. The highest BCUT2D eigenvalue weighted by Crippen LogP contribution is 2.30. The van der Waals surface area contributed by atoms with Gasteiger partial charge in [-0.1, -0.05) is 30.3 Å². The van der Waals surface area contributed by atoms with Gasteiger partial charge in [-0.2, -0.15) is 0 Å². The second kappa shape index (κ2) is 5.23. The molecule has 2 aromatic carbocycles. The molecule has 0 aliphatic carbocycles. The van der Waals surface area contributed by atoms with Gasteiger partial charge in [0.1, 0.15) is 5.82 Å². The molecule has 0 fully saturated rings.